The van der Waals surface area contributed by atoms with Crippen molar-refractivity contribution in [3.8, 4) is 0 Å². The topological polar surface area (TPSA) is 50.7 Å². The van der Waals surface area contributed by atoms with Crippen molar-refractivity contribution < 1.29 is 17.6 Å². The molecule has 118 valence electrons. The minimum atomic E-state index is -4.77. The van der Waals surface area contributed by atoms with E-state index in [9.17, 15) is 17.6 Å². The van der Waals surface area contributed by atoms with Gasteiger partial charge in [-0.3, -0.25) is 4.98 Å². The molecule has 8 heteroatoms. The van der Waals surface area contributed by atoms with Gasteiger partial charge in [0.25, 0.3) is 0 Å². The maximum Gasteiger partial charge on any atom is 0.451 e. The van der Waals surface area contributed by atoms with Crippen LogP contribution in [0.5, 0.6) is 0 Å². The number of benzene rings is 1. The highest BCUT2D eigenvalue weighted by Gasteiger charge is 2.35. The molecule has 0 amide bonds. The summed E-state index contributed by atoms with van der Waals surface area (Å²) in [6.07, 6.45) is -3.20. The van der Waals surface area contributed by atoms with Gasteiger partial charge in [0.1, 0.15) is 17.2 Å². The van der Waals surface area contributed by atoms with Crippen LogP contribution in [0.25, 0.3) is 10.9 Å². The lowest BCUT2D eigenvalue weighted by Gasteiger charge is -2.12. The molecular weight excluding hydrogens is 312 g/mol. The molecule has 1 aromatic carbocycles. The number of para-hydroxylation sites is 1. The highest BCUT2D eigenvalue weighted by atomic mass is 19.4. The first-order valence-electron chi connectivity index (χ1n) is 6.62. The summed E-state index contributed by atoms with van der Waals surface area (Å²) in [5, 5.41) is 2.94. The summed E-state index contributed by atoms with van der Waals surface area (Å²) in [6, 6.07) is 9.09. The maximum atomic E-state index is 13.8. The second-order valence-electron chi connectivity index (χ2n) is 4.70. The van der Waals surface area contributed by atoms with Crippen LogP contribution in [0.4, 0.5) is 23.4 Å². The maximum absolute atomic E-state index is 13.8. The lowest BCUT2D eigenvalue weighted by atomic mass is 10.2. The van der Waals surface area contributed by atoms with Gasteiger partial charge in [0, 0.05) is 11.6 Å². The molecule has 0 saturated carbocycles. The van der Waals surface area contributed by atoms with Crippen molar-refractivity contribution in [2.24, 2.45) is 0 Å². The number of hydrogen-bond acceptors (Lipinski definition) is 4. The Hall–Kier alpha value is -2.77. The van der Waals surface area contributed by atoms with E-state index in [0.29, 0.717) is 5.69 Å². The summed E-state index contributed by atoms with van der Waals surface area (Å²) in [5.74, 6) is -2.32. The van der Waals surface area contributed by atoms with E-state index in [2.05, 4.69) is 20.3 Å². The van der Waals surface area contributed by atoms with E-state index in [4.69, 9.17) is 0 Å². The molecular formula is C15H10F4N4. The van der Waals surface area contributed by atoms with E-state index in [0.717, 1.165) is 6.07 Å². The van der Waals surface area contributed by atoms with Crippen molar-refractivity contribution >= 4 is 16.7 Å². The van der Waals surface area contributed by atoms with Crippen LogP contribution in [-0.2, 0) is 12.7 Å². The zero-order valence-corrected chi connectivity index (χ0v) is 11.6. The van der Waals surface area contributed by atoms with Gasteiger partial charge >= 0.3 is 6.18 Å². The van der Waals surface area contributed by atoms with Crippen molar-refractivity contribution in [2.75, 3.05) is 5.32 Å². The van der Waals surface area contributed by atoms with Crippen LogP contribution in [0.1, 0.15) is 11.5 Å². The van der Waals surface area contributed by atoms with Gasteiger partial charge in [-0.2, -0.15) is 13.2 Å². The number of nitrogens with one attached hydrogen (secondary N) is 1. The van der Waals surface area contributed by atoms with Crippen LogP contribution in [0, 0.1) is 5.82 Å². The van der Waals surface area contributed by atoms with Gasteiger partial charge in [-0.15, -0.1) is 0 Å². The summed E-state index contributed by atoms with van der Waals surface area (Å²) in [7, 11) is 0. The predicted octanol–water partition coefficient (Wildman–Crippen LogP) is 3.79. The van der Waals surface area contributed by atoms with Crippen LogP contribution in [0.15, 0.2) is 42.6 Å². The summed E-state index contributed by atoms with van der Waals surface area (Å²) in [6.45, 7) is 0.154. The fourth-order valence-corrected chi connectivity index (χ4v) is 2.06. The molecule has 2 heterocycles. The van der Waals surface area contributed by atoms with Crippen molar-refractivity contribution in [1.29, 1.82) is 0 Å². The highest BCUT2D eigenvalue weighted by Crippen LogP contribution is 2.31. The SMILES string of the molecule is Fc1cccc2c(NCc3ccccn3)nc(C(F)(F)F)nc12. The number of fused-ring (bicyclic) bond motifs is 1. The fraction of sp³-hybridized carbons (Fsp3) is 0.133. The van der Waals surface area contributed by atoms with E-state index in [1.54, 1.807) is 24.4 Å². The van der Waals surface area contributed by atoms with Crippen molar-refractivity contribution in [2.45, 2.75) is 12.7 Å². The first-order chi connectivity index (χ1) is 10.9. The number of halogens is 4. The molecule has 0 aliphatic carbocycles. The molecule has 0 unspecified atom stereocenters. The number of alkyl halides is 3. The Morgan fingerprint density at radius 1 is 1.00 bits per heavy atom. The third-order valence-electron chi connectivity index (χ3n) is 3.09. The van der Waals surface area contributed by atoms with Gasteiger partial charge in [-0.05, 0) is 24.3 Å². The molecule has 1 N–H and O–H groups in total. The van der Waals surface area contributed by atoms with Gasteiger partial charge in [-0.1, -0.05) is 12.1 Å². The quantitative estimate of drug-likeness (QED) is 0.745. The average molecular weight is 322 g/mol. The molecule has 0 saturated heterocycles. The molecule has 23 heavy (non-hydrogen) atoms. The van der Waals surface area contributed by atoms with Crippen LogP contribution < -0.4 is 5.32 Å². The normalized spacial score (nSPS) is 11.7. The first-order valence-corrected chi connectivity index (χ1v) is 6.62. The Labute approximate surface area is 128 Å². The molecule has 3 rings (SSSR count). The first kappa shape index (κ1) is 15.1. The molecule has 4 nitrogen and oxygen atoms in total. The minimum Gasteiger partial charge on any atom is -0.364 e. The number of hydrogen-bond donors (Lipinski definition) is 1. The average Bonchev–Trinajstić information content (AvgIpc) is 2.53. The molecule has 0 aliphatic rings. The van der Waals surface area contributed by atoms with Crippen molar-refractivity contribution in [3.63, 3.8) is 0 Å². The fourth-order valence-electron chi connectivity index (χ4n) is 2.06. The summed E-state index contributed by atoms with van der Waals surface area (Å²) in [5.41, 5.74) is 0.238. The van der Waals surface area contributed by atoms with Crippen LogP contribution in [-0.4, -0.2) is 15.0 Å². The molecule has 0 radical (unpaired) electrons. The molecule has 2 aromatic heterocycles. The third-order valence-corrected chi connectivity index (χ3v) is 3.09. The number of nitrogens with zero attached hydrogens (tertiary/aromatic N) is 3. The number of rotatable bonds is 3. The Bertz CT molecular complexity index is 834. The van der Waals surface area contributed by atoms with Gasteiger partial charge in [0.15, 0.2) is 0 Å². The molecule has 0 atom stereocenters. The van der Waals surface area contributed by atoms with E-state index in [1.807, 2.05) is 0 Å². The predicted molar refractivity (Wildman–Crippen MR) is 76.1 cm³/mol. The van der Waals surface area contributed by atoms with Crippen LogP contribution in [0.2, 0.25) is 0 Å². The molecule has 0 spiro atoms. The zero-order valence-electron chi connectivity index (χ0n) is 11.6. The molecule has 0 fully saturated rings. The minimum absolute atomic E-state index is 0.0903. The lowest BCUT2D eigenvalue weighted by molar-refractivity contribution is -0.144. The van der Waals surface area contributed by atoms with Gasteiger partial charge in [-0.25, -0.2) is 14.4 Å². The highest BCUT2D eigenvalue weighted by molar-refractivity contribution is 5.89. The number of anilines is 1. The second kappa shape index (κ2) is 5.79. The molecule has 0 bridgehead atoms. The standard InChI is InChI=1S/C15H10F4N4/c16-11-6-3-5-10-12(11)22-14(15(17,18)19)23-13(10)21-8-9-4-1-2-7-20-9/h1-7H,8H2,(H,21,22,23). The monoisotopic (exact) mass is 322 g/mol. The summed E-state index contributed by atoms with van der Waals surface area (Å²) < 4.78 is 52.5. The third kappa shape index (κ3) is 3.20. The van der Waals surface area contributed by atoms with Crippen molar-refractivity contribution in [1.82, 2.24) is 15.0 Å². The van der Waals surface area contributed by atoms with Gasteiger partial charge in [0.05, 0.1) is 12.2 Å². The summed E-state index contributed by atoms with van der Waals surface area (Å²) in [4.78, 5) is 10.8. The van der Waals surface area contributed by atoms with E-state index in [1.165, 1.54) is 12.1 Å². The Kier molecular flexibility index (Phi) is 3.81. The van der Waals surface area contributed by atoms with E-state index in [-0.39, 0.29) is 23.3 Å². The smallest absolute Gasteiger partial charge is 0.364 e. The van der Waals surface area contributed by atoms with E-state index >= 15 is 0 Å². The number of pyridine rings is 1. The van der Waals surface area contributed by atoms with Crippen LogP contribution in [0.3, 0.4) is 0 Å². The Balaban J connectivity index is 2.05. The molecule has 3 aromatic rings. The summed E-state index contributed by atoms with van der Waals surface area (Å²) >= 11 is 0. The lowest BCUT2D eigenvalue weighted by Crippen LogP contribution is -2.14. The second-order valence-corrected chi connectivity index (χ2v) is 4.70. The van der Waals surface area contributed by atoms with Gasteiger partial charge < -0.3 is 5.32 Å². The number of aromatic nitrogens is 3. The van der Waals surface area contributed by atoms with Crippen molar-refractivity contribution in [3.05, 3.63) is 59.9 Å². The molecule has 0 aliphatic heterocycles. The largest absolute Gasteiger partial charge is 0.451 e. The van der Waals surface area contributed by atoms with E-state index < -0.39 is 17.8 Å². The van der Waals surface area contributed by atoms with Gasteiger partial charge in [0.2, 0.25) is 5.82 Å². The Morgan fingerprint density at radius 2 is 1.83 bits per heavy atom. The Morgan fingerprint density at radius 3 is 2.52 bits per heavy atom. The zero-order chi connectivity index (χ0) is 16.4. The van der Waals surface area contributed by atoms with Crippen LogP contribution >= 0.6 is 0 Å².